The van der Waals surface area contributed by atoms with Crippen molar-refractivity contribution < 1.29 is 59.2 Å². The van der Waals surface area contributed by atoms with Crippen LogP contribution in [0.15, 0.2) is 12.2 Å². The van der Waals surface area contributed by atoms with Crippen LogP contribution in [0.1, 0.15) is 77.6 Å². The molecule has 0 saturated carbocycles. The molecular weight excluding hydrogens is 572 g/mol. The molecule has 43 heavy (non-hydrogen) atoms. The lowest BCUT2D eigenvalue weighted by atomic mass is 10.0. The molecule has 1 rings (SSSR count). The minimum atomic E-state index is -2.72. The molecule has 4 amide bonds. The van der Waals surface area contributed by atoms with E-state index in [0.29, 0.717) is 16.4 Å². The van der Waals surface area contributed by atoms with Crippen LogP contribution in [-0.4, -0.2) is 109 Å². The highest BCUT2D eigenvalue weighted by Gasteiger charge is 2.54. The number of rotatable bonds is 21. The molecule has 3 unspecified atom stereocenters. The van der Waals surface area contributed by atoms with Crippen LogP contribution in [0.25, 0.3) is 0 Å². The number of likely N-dealkylation sites (tertiary alicyclic amines) is 1. The molecule has 242 valence electrons. The number of carboxylic acids is 3. The lowest BCUT2D eigenvalue weighted by molar-refractivity contribution is -0.188. The summed E-state index contributed by atoms with van der Waals surface area (Å²) in [6.07, 6.45) is 6.90. The largest absolute Gasteiger partial charge is 0.481 e. The molecule has 1 aliphatic rings. The third-order valence-electron chi connectivity index (χ3n) is 6.87. The van der Waals surface area contributed by atoms with Crippen molar-refractivity contribution in [2.45, 2.75) is 89.3 Å². The minimum absolute atomic E-state index is 0.0891. The van der Waals surface area contributed by atoms with Crippen molar-refractivity contribution in [1.29, 1.82) is 0 Å². The van der Waals surface area contributed by atoms with Crippen LogP contribution in [0, 0.1) is 5.92 Å². The molecular formula is C27H42N4O12. The normalized spacial score (nSPS) is 17.8. The number of allylic oxidation sites excluding steroid dienone is 1. The third kappa shape index (κ3) is 12.0. The Labute approximate surface area is 248 Å². The van der Waals surface area contributed by atoms with E-state index in [1.54, 1.807) is 6.08 Å². The molecule has 16 heteroatoms. The minimum Gasteiger partial charge on any atom is -0.481 e. The molecule has 0 bridgehead atoms. The second kappa shape index (κ2) is 18.5. The van der Waals surface area contributed by atoms with Gasteiger partial charge in [-0.3, -0.25) is 34.1 Å². The Kier molecular flexibility index (Phi) is 15.9. The van der Waals surface area contributed by atoms with E-state index in [2.05, 4.69) is 17.6 Å². The van der Waals surface area contributed by atoms with Crippen LogP contribution >= 0.6 is 0 Å². The monoisotopic (exact) mass is 614 g/mol. The topological polar surface area (TPSA) is 251 Å². The Morgan fingerprint density at radius 2 is 1.65 bits per heavy atom. The Bertz CT molecular complexity index is 1050. The number of carbonyl (C=O) groups is 7. The highest BCUT2D eigenvalue weighted by Crippen LogP contribution is 2.31. The lowest BCUT2D eigenvalue weighted by Crippen LogP contribution is -2.59. The first kappa shape index (κ1) is 37.0. The number of nitrogens with zero attached hydrogens (tertiary/aromatic N) is 2. The van der Waals surface area contributed by atoms with Gasteiger partial charge in [0.15, 0.2) is 0 Å². The van der Waals surface area contributed by atoms with Crippen molar-refractivity contribution >= 4 is 41.5 Å². The van der Waals surface area contributed by atoms with E-state index >= 15 is 0 Å². The number of carbonyl (C=O) groups excluding carboxylic acids is 4. The van der Waals surface area contributed by atoms with E-state index in [9.17, 15) is 59.2 Å². The van der Waals surface area contributed by atoms with E-state index in [-0.39, 0.29) is 19.5 Å². The van der Waals surface area contributed by atoms with Gasteiger partial charge in [0.25, 0.3) is 5.91 Å². The highest BCUT2D eigenvalue weighted by molar-refractivity contribution is 6.00. The van der Waals surface area contributed by atoms with Gasteiger partial charge in [0, 0.05) is 38.4 Å². The molecule has 0 aromatic carbocycles. The number of nitrogens with one attached hydrogen (secondary N) is 2. The van der Waals surface area contributed by atoms with Crippen LogP contribution in [0.3, 0.4) is 0 Å². The van der Waals surface area contributed by atoms with E-state index in [0.717, 1.165) is 32.1 Å². The molecule has 1 fully saturated rings. The SMILES string of the molecule is CCCCCCCC=CC(=O)N(O)CCCNC(=O)C(CC(=O)NCCC(C(=O)O)N1C(=O)CCC1(O)C(=O)O)C(=O)O. The summed E-state index contributed by atoms with van der Waals surface area (Å²) in [4.78, 5) is 83.7. The lowest BCUT2D eigenvalue weighted by Gasteiger charge is -2.34. The number of carboxylic acid groups (broad SMARTS) is 3. The van der Waals surface area contributed by atoms with Crippen LogP contribution in [0.4, 0.5) is 0 Å². The molecule has 16 nitrogen and oxygen atoms in total. The van der Waals surface area contributed by atoms with Crippen LogP contribution < -0.4 is 10.6 Å². The Balaban J connectivity index is 2.49. The Morgan fingerprint density at radius 3 is 2.26 bits per heavy atom. The summed E-state index contributed by atoms with van der Waals surface area (Å²) in [5.41, 5.74) is -2.72. The summed E-state index contributed by atoms with van der Waals surface area (Å²) >= 11 is 0. The molecule has 7 N–H and O–H groups in total. The maximum Gasteiger partial charge on any atom is 0.357 e. The molecule has 1 aliphatic heterocycles. The van der Waals surface area contributed by atoms with Gasteiger partial charge in [0.2, 0.25) is 23.4 Å². The highest BCUT2D eigenvalue weighted by atomic mass is 16.5. The predicted octanol–water partition coefficient (Wildman–Crippen LogP) is 0.0732. The zero-order valence-corrected chi connectivity index (χ0v) is 24.2. The van der Waals surface area contributed by atoms with Gasteiger partial charge in [-0.25, -0.2) is 14.7 Å². The quantitative estimate of drug-likeness (QED) is 0.0298. The molecule has 0 radical (unpaired) electrons. The molecule has 3 atom stereocenters. The van der Waals surface area contributed by atoms with Gasteiger partial charge in [0.1, 0.15) is 12.0 Å². The number of aliphatic carboxylic acids is 3. The first-order valence-electron chi connectivity index (χ1n) is 14.2. The Hall–Kier alpha value is -4.05. The molecule has 1 saturated heterocycles. The molecule has 0 aromatic rings. The van der Waals surface area contributed by atoms with Crippen molar-refractivity contribution in [2.24, 2.45) is 5.92 Å². The average Bonchev–Trinajstić information content (AvgIpc) is 3.25. The molecule has 0 spiro atoms. The number of aliphatic hydroxyl groups is 1. The number of amides is 4. The first-order valence-corrected chi connectivity index (χ1v) is 14.2. The van der Waals surface area contributed by atoms with Gasteiger partial charge in [0.05, 0.1) is 6.54 Å². The third-order valence-corrected chi connectivity index (χ3v) is 6.87. The van der Waals surface area contributed by atoms with Crippen molar-refractivity contribution in [3.63, 3.8) is 0 Å². The maximum atomic E-state index is 12.4. The fourth-order valence-electron chi connectivity index (χ4n) is 4.44. The molecule has 0 aromatic heterocycles. The number of hydrogen-bond acceptors (Lipinski definition) is 9. The predicted molar refractivity (Wildman–Crippen MR) is 147 cm³/mol. The summed E-state index contributed by atoms with van der Waals surface area (Å²) < 4.78 is 0. The second-order valence-electron chi connectivity index (χ2n) is 10.2. The van der Waals surface area contributed by atoms with E-state index in [1.807, 2.05) is 0 Å². The smallest absolute Gasteiger partial charge is 0.357 e. The fourth-order valence-corrected chi connectivity index (χ4v) is 4.44. The molecule has 0 aliphatic carbocycles. The summed E-state index contributed by atoms with van der Waals surface area (Å²) in [6.45, 7) is 1.44. The number of unbranched alkanes of at least 4 members (excludes halogenated alkanes) is 5. The van der Waals surface area contributed by atoms with Gasteiger partial charge in [-0.1, -0.05) is 38.7 Å². The van der Waals surface area contributed by atoms with Gasteiger partial charge in [-0.05, 0) is 25.7 Å². The van der Waals surface area contributed by atoms with Crippen molar-refractivity contribution in [3.8, 4) is 0 Å². The van der Waals surface area contributed by atoms with Gasteiger partial charge >= 0.3 is 17.9 Å². The average molecular weight is 615 g/mol. The van der Waals surface area contributed by atoms with Crippen LogP contribution in [0.5, 0.6) is 0 Å². The standard InChI is InChI=1S/C27H42N4O12/c1-2-3-4-5-6-7-8-10-21(33)30(43)16-9-14-29-23(35)18(24(36)37)17-20(32)28-15-12-19(25(38)39)31-22(34)11-13-27(31,42)26(40)41/h8,10,18-19,42-43H,2-7,9,11-17H2,1H3,(H,28,32)(H,29,35)(H,36,37)(H,38,39)(H,40,41). The number of hydrogen-bond donors (Lipinski definition) is 7. The van der Waals surface area contributed by atoms with E-state index in [4.69, 9.17) is 0 Å². The Morgan fingerprint density at radius 1 is 0.977 bits per heavy atom. The van der Waals surface area contributed by atoms with Crippen LogP contribution in [0.2, 0.25) is 0 Å². The van der Waals surface area contributed by atoms with E-state index < -0.39 is 91.4 Å². The molecule has 1 heterocycles. The van der Waals surface area contributed by atoms with Gasteiger partial charge < -0.3 is 31.1 Å². The second-order valence-corrected chi connectivity index (χ2v) is 10.2. The summed E-state index contributed by atoms with van der Waals surface area (Å²) in [5.74, 6) is -10.3. The fraction of sp³-hybridized carbons (Fsp3) is 0.667. The summed E-state index contributed by atoms with van der Waals surface area (Å²) in [6, 6.07) is -1.79. The zero-order chi connectivity index (χ0) is 32.6. The van der Waals surface area contributed by atoms with Gasteiger partial charge in [-0.2, -0.15) is 0 Å². The van der Waals surface area contributed by atoms with Crippen molar-refractivity contribution in [1.82, 2.24) is 20.6 Å². The zero-order valence-electron chi connectivity index (χ0n) is 24.2. The maximum absolute atomic E-state index is 12.4. The van der Waals surface area contributed by atoms with Crippen molar-refractivity contribution in [3.05, 3.63) is 12.2 Å². The van der Waals surface area contributed by atoms with Gasteiger partial charge in [-0.15, -0.1) is 0 Å². The summed E-state index contributed by atoms with van der Waals surface area (Å²) in [5, 5.41) is 53.3. The van der Waals surface area contributed by atoms with E-state index in [1.165, 1.54) is 6.08 Å². The first-order chi connectivity index (χ1) is 20.3. The van der Waals surface area contributed by atoms with Crippen LogP contribution in [-0.2, 0) is 33.6 Å². The van der Waals surface area contributed by atoms with Crippen molar-refractivity contribution in [2.75, 3.05) is 19.6 Å². The summed E-state index contributed by atoms with van der Waals surface area (Å²) in [7, 11) is 0. The number of hydroxylamine groups is 2.